The van der Waals surface area contributed by atoms with Gasteiger partial charge in [0.1, 0.15) is 18.1 Å². The molecule has 0 aliphatic carbocycles. The Morgan fingerprint density at radius 1 is 0.800 bits per heavy atom. The number of hydrogen-bond acceptors (Lipinski definition) is 8. The van der Waals surface area contributed by atoms with E-state index in [0.717, 1.165) is 0 Å². The molecule has 0 fully saturated rings. The van der Waals surface area contributed by atoms with Gasteiger partial charge in [-0.05, 0) is 12.0 Å². The summed E-state index contributed by atoms with van der Waals surface area (Å²) in [5.41, 5.74) is 6.18. The molecule has 1 aromatic carbocycles. The Bertz CT molecular complexity index is 929. The average Bonchev–Trinajstić information content (AvgIpc) is 2.80. The van der Waals surface area contributed by atoms with E-state index < -0.39 is 72.6 Å². The molecule has 1 rings (SSSR count). The van der Waals surface area contributed by atoms with Gasteiger partial charge in [-0.25, -0.2) is 4.79 Å². The van der Waals surface area contributed by atoms with Crippen LogP contribution in [0.4, 0.5) is 0 Å². The summed E-state index contributed by atoms with van der Waals surface area (Å²) in [4.78, 5) is 71.2. The molecule has 0 aromatic heterocycles. The molecule has 35 heavy (non-hydrogen) atoms. The second-order valence-electron chi connectivity index (χ2n) is 7.53. The third kappa shape index (κ3) is 10.9. The van der Waals surface area contributed by atoms with E-state index in [1.165, 1.54) is 0 Å². The van der Waals surface area contributed by atoms with Crippen LogP contribution in [0, 0.1) is 0 Å². The number of nitrogens with one attached hydrogen (secondary N) is 3. The summed E-state index contributed by atoms with van der Waals surface area (Å²) < 4.78 is 0. The van der Waals surface area contributed by atoms with Gasteiger partial charge in [0, 0.05) is 18.6 Å². The molecule has 192 valence electrons. The first-order valence-corrected chi connectivity index (χ1v) is 11.1. The highest BCUT2D eigenvalue weighted by Crippen LogP contribution is 2.07. The molecule has 13 nitrogen and oxygen atoms in total. The van der Waals surface area contributed by atoms with Gasteiger partial charge >= 0.3 is 17.9 Å². The Kier molecular flexibility index (Phi) is 12.2. The minimum Gasteiger partial charge on any atom is -0.481 e. The topological polar surface area (TPSA) is 225 Å². The van der Waals surface area contributed by atoms with Gasteiger partial charge in [-0.3, -0.25) is 24.0 Å². The Hall–Kier alpha value is -3.65. The number of thiol groups is 1. The monoisotopic (exact) mass is 512 g/mol. The summed E-state index contributed by atoms with van der Waals surface area (Å²) in [5, 5.41) is 33.9. The lowest BCUT2D eigenvalue weighted by atomic mass is 10.0. The Labute approximate surface area is 205 Å². The van der Waals surface area contributed by atoms with Crippen LogP contribution in [0.1, 0.15) is 24.8 Å². The lowest BCUT2D eigenvalue weighted by Crippen LogP contribution is -2.58. The van der Waals surface area contributed by atoms with Crippen molar-refractivity contribution < 1.29 is 44.1 Å². The molecule has 0 saturated carbocycles. The zero-order valence-electron chi connectivity index (χ0n) is 18.5. The number of carbonyl (C=O) groups is 6. The maximum absolute atomic E-state index is 12.9. The van der Waals surface area contributed by atoms with Crippen molar-refractivity contribution in [3.8, 4) is 0 Å². The van der Waals surface area contributed by atoms with Crippen LogP contribution in [0.25, 0.3) is 0 Å². The average molecular weight is 513 g/mol. The number of carboxylic acid groups (broad SMARTS) is 3. The van der Waals surface area contributed by atoms with Crippen molar-refractivity contribution in [2.75, 3.05) is 5.75 Å². The van der Waals surface area contributed by atoms with Gasteiger partial charge in [0.15, 0.2) is 0 Å². The molecule has 8 N–H and O–H groups in total. The second kappa shape index (κ2) is 14.6. The van der Waals surface area contributed by atoms with Gasteiger partial charge in [-0.15, -0.1) is 0 Å². The number of nitrogens with two attached hydrogens (primary N) is 1. The lowest BCUT2D eigenvalue weighted by Gasteiger charge is -2.25. The van der Waals surface area contributed by atoms with Gasteiger partial charge in [0.25, 0.3) is 0 Å². The molecular formula is C21H28N4O9S. The first-order chi connectivity index (χ1) is 16.4. The molecule has 4 atom stereocenters. The molecule has 0 aliphatic heterocycles. The van der Waals surface area contributed by atoms with Crippen molar-refractivity contribution >= 4 is 48.3 Å². The van der Waals surface area contributed by atoms with Crippen molar-refractivity contribution in [1.82, 2.24) is 16.0 Å². The van der Waals surface area contributed by atoms with Crippen LogP contribution in [-0.2, 0) is 35.2 Å². The highest BCUT2D eigenvalue weighted by Gasteiger charge is 2.31. The summed E-state index contributed by atoms with van der Waals surface area (Å²) in [7, 11) is 0. The SMILES string of the molecule is NC(CS)C(=O)NC(CCC(=O)O)C(=O)NC(Cc1ccccc1)C(=O)NC(CC(=O)O)C(=O)O. The van der Waals surface area contributed by atoms with Crippen molar-refractivity contribution in [1.29, 1.82) is 0 Å². The molecule has 14 heteroatoms. The third-order valence-corrected chi connectivity index (χ3v) is 5.12. The largest absolute Gasteiger partial charge is 0.481 e. The van der Waals surface area contributed by atoms with E-state index in [4.69, 9.17) is 15.9 Å². The fraction of sp³-hybridized carbons (Fsp3) is 0.429. The number of carboxylic acids is 3. The molecule has 0 spiro atoms. The van der Waals surface area contributed by atoms with E-state index in [2.05, 4.69) is 28.6 Å². The summed E-state index contributed by atoms with van der Waals surface area (Å²) >= 11 is 3.90. The summed E-state index contributed by atoms with van der Waals surface area (Å²) in [6.07, 6.45) is -1.80. The highest BCUT2D eigenvalue weighted by molar-refractivity contribution is 7.80. The van der Waals surface area contributed by atoms with Crippen LogP contribution < -0.4 is 21.7 Å². The minimum absolute atomic E-state index is 0.0434. The summed E-state index contributed by atoms with van der Waals surface area (Å²) in [5.74, 6) is -6.97. The number of hydrogen-bond donors (Lipinski definition) is 8. The lowest BCUT2D eigenvalue weighted by molar-refractivity contribution is -0.147. The molecule has 0 saturated heterocycles. The van der Waals surface area contributed by atoms with Gasteiger partial charge in [-0.2, -0.15) is 12.6 Å². The van der Waals surface area contributed by atoms with E-state index in [9.17, 15) is 33.9 Å². The molecule has 0 heterocycles. The molecule has 1 aromatic rings. The standard InChI is InChI=1S/C21H28N4O9S/c22-12(10-35)18(30)23-13(6-7-16(26)27)19(31)24-14(8-11-4-2-1-3-5-11)20(32)25-15(21(33)34)9-17(28)29/h1-5,12-15,35H,6-10,22H2,(H,23,30)(H,24,31)(H,25,32)(H,26,27)(H,28,29)(H,33,34). The van der Waals surface area contributed by atoms with Gasteiger partial charge < -0.3 is 37.0 Å². The van der Waals surface area contributed by atoms with Crippen LogP contribution >= 0.6 is 12.6 Å². The number of aliphatic carboxylic acids is 3. The van der Waals surface area contributed by atoms with Crippen LogP contribution in [0.5, 0.6) is 0 Å². The smallest absolute Gasteiger partial charge is 0.326 e. The number of rotatable bonds is 15. The summed E-state index contributed by atoms with van der Waals surface area (Å²) in [6, 6.07) is 2.78. The first-order valence-electron chi connectivity index (χ1n) is 10.4. The molecule has 4 unspecified atom stereocenters. The molecule has 0 aliphatic rings. The Morgan fingerprint density at radius 3 is 1.86 bits per heavy atom. The predicted molar refractivity (Wildman–Crippen MR) is 125 cm³/mol. The normalized spacial score (nSPS) is 14.0. The Balaban J connectivity index is 3.14. The third-order valence-electron chi connectivity index (χ3n) is 4.72. The van der Waals surface area contributed by atoms with Crippen LogP contribution in [0.2, 0.25) is 0 Å². The van der Waals surface area contributed by atoms with E-state index >= 15 is 0 Å². The quantitative estimate of drug-likeness (QED) is 0.125. The molecule has 0 bridgehead atoms. The maximum Gasteiger partial charge on any atom is 0.326 e. The van der Waals surface area contributed by atoms with Gasteiger partial charge in [0.2, 0.25) is 17.7 Å². The van der Waals surface area contributed by atoms with Crippen molar-refractivity contribution in [3.63, 3.8) is 0 Å². The van der Waals surface area contributed by atoms with Crippen LogP contribution in [0.3, 0.4) is 0 Å². The molecule has 3 amide bonds. The zero-order chi connectivity index (χ0) is 26.5. The molecular weight excluding hydrogens is 484 g/mol. The van der Waals surface area contributed by atoms with Crippen LogP contribution in [-0.4, -0.2) is 80.9 Å². The van der Waals surface area contributed by atoms with E-state index in [-0.39, 0.29) is 18.6 Å². The number of benzene rings is 1. The fourth-order valence-corrected chi connectivity index (χ4v) is 3.04. The highest BCUT2D eigenvalue weighted by atomic mass is 32.1. The Morgan fingerprint density at radius 2 is 1.34 bits per heavy atom. The fourth-order valence-electron chi connectivity index (χ4n) is 2.88. The zero-order valence-corrected chi connectivity index (χ0v) is 19.4. The van der Waals surface area contributed by atoms with E-state index in [1.54, 1.807) is 30.3 Å². The first kappa shape index (κ1) is 29.4. The predicted octanol–water partition coefficient (Wildman–Crippen LogP) is -1.64. The van der Waals surface area contributed by atoms with Gasteiger partial charge in [0.05, 0.1) is 12.5 Å². The maximum atomic E-state index is 12.9. The molecule has 0 radical (unpaired) electrons. The van der Waals surface area contributed by atoms with E-state index in [1.807, 2.05) is 0 Å². The summed E-state index contributed by atoms with van der Waals surface area (Å²) in [6.45, 7) is 0. The van der Waals surface area contributed by atoms with Gasteiger partial charge in [-0.1, -0.05) is 30.3 Å². The minimum atomic E-state index is -1.76. The second-order valence-corrected chi connectivity index (χ2v) is 7.90. The van der Waals surface area contributed by atoms with E-state index in [0.29, 0.717) is 5.56 Å². The number of amides is 3. The van der Waals surface area contributed by atoms with Crippen molar-refractivity contribution in [2.45, 2.75) is 49.9 Å². The number of carbonyl (C=O) groups excluding carboxylic acids is 3. The van der Waals surface area contributed by atoms with Crippen molar-refractivity contribution in [3.05, 3.63) is 35.9 Å². The van der Waals surface area contributed by atoms with Crippen molar-refractivity contribution in [2.24, 2.45) is 5.73 Å². The van der Waals surface area contributed by atoms with Crippen LogP contribution in [0.15, 0.2) is 30.3 Å².